The molecule has 0 amide bonds. The number of halogens is 4. The van der Waals surface area contributed by atoms with E-state index < -0.39 is 11.7 Å². The molecule has 2 rings (SSSR count). The molecule has 0 saturated heterocycles. The third kappa shape index (κ3) is 1.33. The molecule has 6 heteroatoms. The maximum atomic E-state index is 12.4. The van der Waals surface area contributed by atoms with E-state index >= 15 is 0 Å². The minimum absolute atomic E-state index is 0.0370. The smallest absolute Gasteiger partial charge is 0.222 e. The van der Waals surface area contributed by atoms with Gasteiger partial charge in [0, 0.05) is 0 Å². The predicted octanol–water partition coefficient (Wildman–Crippen LogP) is 3.01. The topological polar surface area (TPSA) is 17.3 Å². The van der Waals surface area contributed by atoms with Crippen LogP contribution in [-0.4, -0.2) is 9.61 Å². The summed E-state index contributed by atoms with van der Waals surface area (Å²) in [4.78, 5) is 0. The molecule has 0 N–H and O–H groups in total. The maximum absolute atomic E-state index is 12.4. The summed E-state index contributed by atoms with van der Waals surface area (Å²) in [5.74, 6) is 0. The molecule has 0 aliphatic heterocycles. The van der Waals surface area contributed by atoms with Gasteiger partial charge in [-0.2, -0.15) is 18.3 Å². The van der Waals surface area contributed by atoms with Crippen LogP contribution in [0.4, 0.5) is 13.2 Å². The zero-order valence-electron chi connectivity index (χ0n) is 6.72. The van der Waals surface area contributed by atoms with Crippen molar-refractivity contribution in [3.8, 4) is 0 Å². The van der Waals surface area contributed by atoms with Crippen LogP contribution in [0, 0.1) is 0 Å². The van der Waals surface area contributed by atoms with Gasteiger partial charge in [0.25, 0.3) is 0 Å². The molecule has 0 aliphatic carbocycles. The second-order valence-electron chi connectivity index (χ2n) is 2.70. The first-order valence-corrected chi connectivity index (χ1v) is 4.07. The van der Waals surface area contributed by atoms with Gasteiger partial charge < -0.3 is 0 Å². The Balaban J connectivity index is 2.80. The summed E-state index contributed by atoms with van der Waals surface area (Å²) >= 11 is 5.65. The fourth-order valence-corrected chi connectivity index (χ4v) is 1.42. The Morgan fingerprint density at radius 1 is 1.21 bits per heavy atom. The summed E-state index contributed by atoms with van der Waals surface area (Å²) in [6, 6.07) is 3.39. The minimum Gasteiger partial charge on any atom is -0.222 e. The Labute approximate surface area is 81.9 Å². The Hall–Kier alpha value is -1.23. The number of alkyl halides is 3. The zero-order valence-corrected chi connectivity index (χ0v) is 7.47. The van der Waals surface area contributed by atoms with E-state index in [0.29, 0.717) is 0 Å². The van der Waals surface area contributed by atoms with Gasteiger partial charge in [0.05, 0.1) is 17.3 Å². The van der Waals surface area contributed by atoms with E-state index in [2.05, 4.69) is 5.10 Å². The van der Waals surface area contributed by atoms with Crippen molar-refractivity contribution < 1.29 is 13.2 Å². The van der Waals surface area contributed by atoms with E-state index in [1.54, 1.807) is 0 Å². The van der Waals surface area contributed by atoms with Crippen LogP contribution in [0.1, 0.15) is 5.56 Å². The molecule has 2 nitrogen and oxygen atoms in total. The highest BCUT2D eigenvalue weighted by Crippen LogP contribution is 2.33. The van der Waals surface area contributed by atoms with Crippen molar-refractivity contribution >= 4 is 17.1 Å². The van der Waals surface area contributed by atoms with Crippen LogP contribution < -0.4 is 0 Å². The molecule has 0 saturated carbocycles. The summed E-state index contributed by atoms with van der Waals surface area (Å²) < 4.78 is 38.4. The Kier molecular flexibility index (Phi) is 1.92. The molecular weight excluding hydrogens is 217 g/mol. The molecule has 0 fully saturated rings. The molecule has 0 spiro atoms. The van der Waals surface area contributed by atoms with E-state index in [4.69, 9.17) is 11.6 Å². The van der Waals surface area contributed by atoms with Gasteiger partial charge in [-0.15, -0.1) is 0 Å². The monoisotopic (exact) mass is 220 g/mol. The van der Waals surface area contributed by atoms with Crippen molar-refractivity contribution in [1.29, 1.82) is 0 Å². The molecule has 0 aliphatic rings. The summed E-state index contributed by atoms with van der Waals surface area (Å²) in [5.41, 5.74) is -0.774. The largest absolute Gasteiger partial charge is 0.418 e. The lowest BCUT2D eigenvalue weighted by atomic mass is 10.2. The van der Waals surface area contributed by atoms with Crippen LogP contribution in [0.15, 0.2) is 24.4 Å². The van der Waals surface area contributed by atoms with Crippen LogP contribution in [0.25, 0.3) is 5.52 Å². The van der Waals surface area contributed by atoms with Gasteiger partial charge in [-0.25, -0.2) is 4.52 Å². The summed E-state index contributed by atoms with van der Waals surface area (Å²) in [7, 11) is 0. The lowest BCUT2D eigenvalue weighted by Crippen LogP contribution is -2.07. The third-order valence-corrected chi connectivity index (χ3v) is 2.10. The number of pyridine rings is 1. The van der Waals surface area contributed by atoms with Crippen LogP contribution in [0.3, 0.4) is 0 Å². The normalized spacial score (nSPS) is 12.3. The molecule has 0 bridgehead atoms. The van der Waals surface area contributed by atoms with E-state index in [0.717, 1.165) is 10.6 Å². The molecule has 0 aromatic carbocycles. The van der Waals surface area contributed by atoms with Crippen molar-refractivity contribution in [3.63, 3.8) is 0 Å². The first-order valence-electron chi connectivity index (χ1n) is 3.69. The highest BCUT2D eigenvalue weighted by atomic mass is 35.5. The third-order valence-electron chi connectivity index (χ3n) is 1.81. The molecule has 0 atom stereocenters. The number of hydrogen-bond acceptors (Lipinski definition) is 1. The Morgan fingerprint density at radius 3 is 2.57 bits per heavy atom. The van der Waals surface area contributed by atoms with Crippen molar-refractivity contribution in [2.45, 2.75) is 6.18 Å². The average Bonchev–Trinajstić information content (AvgIpc) is 2.50. The van der Waals surface area contributed by atoms with Crippen molar-refractivity contribution in [2.75, 3.05) is 0 Å². The molecule has 74 valence electrons. The van der Waals surface area contributed by atoms with Crippen molar-refractivity contribution in [3.05, 3.63) is 35.1 Å². The maximum Gasteiger partial charge on any atom is 0.418 e. The van der Waals surface area contributed by atoms with E-state index in [1.165, 1.54) is 18.3 Å². The van der Waals surface area contributed by atoms with Crippen LogP contribution in [0.5, 0.6) is 0 Å². The highest BCUT2D eigenvalue weighted by Gasteiger charge is 2.33. The standard InChI is InChI=1S/C8H4ClF3N2/c9-7-2-1-5(8(10,11)12)6-3-4-13-14(6)7/h1-4H. The Bertz CT molecular complexity index is 475. The van der Waals surface area contributed by atoms with Gasteiger partial charge in [0.15, 0.2) is 0 Å². The molecule has 2 aromatic heterocycles. The second kappa shape index (κ2) is 2.88. The number of rotatable bonds is 0. The number of nitrogens with zero attached hydrogens (tertiary/aromatic N) is 2. The van der Waals surface area contributed by atoms with Crippen molar-refractivity contribution in [1.82, 2.24) is 9.61 Å². The lowest BCUT2D eigenvalue weighted by Gasteiger charge is -2.08. The summed E-state index contributed by atoms with van der Waals surface area (Å²) in [6.07, 6.45) is -3.11. The van der Waals surface area contributed by atoms with Gasteiger partial charge in [-0.1, -0.05) is 11.6 Å². The molecule has 0 radical (unpaired) electrons. The summed E-state index contributed by atoms with van der Waals surface area (Å²) in [5, 5.41) is 3.83. The zero-order chi connectivity index (χ0) is 10.3. The lowest BCUT2D eigenvalue weighted by molar-refractivity contribution is -0.136. The van der Waals surface area contributed by atoms with Gasteiger partial charge >= 0.3 is 6.18 Å². The summed E-state index contributed by atoms with van der Waals surface area (Å²) in [6.45, 7) is 0. The van der Waals surface area contributed by atoms with Gasteiger partial charge in [-0.05, 0) is 18.2 Å². The van der Waals surface area contributed by atoms with Crippen LogP contribution in [0.2, 0.25) is 5.15 Å². The number of aromatic nitrogens is 2. The highest BCUT2D eigenvalue weighted by molar-refractivity contribution is 6.29. The SMILES string of the molecule is FC(F)(F)c1ccc(Cl)n2nccc12. The minimum atomic E-state index is -4.38. The van der Waals surface area contributed by atoms with E-state index in [1.807, 2.05) is 0 Å². The van der Waals surface area contributed by atoms with Gasteiger partial charge in [0.2, 0.25) is 0 Å². The Morgan fingerprint density at radius 2 is 1.93 bits per heavy atom. The number of fused-ring (bicyclic) bond motifs is 1. The van der Waals surface area contributed by atoms with Gasteiger partial charge in [-0.3, -0.25) is 0 Å². The number of hydrogen-bond donors (Lipinski definition) is 0. The van der Waals surface area contributed by atoms with Gasteiger partial charge in [0.1, 0.15) is 5.15 Å². The van der Waals surface area contributed by atoms with Crippen LogP contribution in [-0.2, 0) is 6.18 Å². The first-order chi connectivity index (χ1) is 6.50. The van der Waals surface area contributed by atoms with Crippen molar-refractivity contribution in [2.24, 2.45) is 0 Å². The predicted molar refractivity (Wildman–Crippen MR) is 45.2 cm³/mol. The second-order valence-corrected chi connectivity index (χ2v) is 3.08. The molecule has 14 heavy (non-hydrogen) atoms. The average molecular weight is 221 g/mol. The molecule has 2 aromatic rings. The molecule has 0 unspecified atom stereocenters. The quantitative estimate of drug-likeness (QED) is 0.624. The van der Waals surface area contributed by atoms with Crippen LogP contribution >= 0.6 is 11.6 Å². The fourth-order valence-electron chi connectivity index (χ4n) is 1.23. The van der Waals surface area contributed by atoms with E-state index in [9.17, 15) is 13.2 Å². The van der Waals surface area contributed by atoms with E-state index in [-0.39, 0.29) is 10.7 Å². The first kappa shape index (κ1) is 9.33. The molecular formula is C8H4ClF3N2. The fraction of sp³-hybridized carbons (Fsp3) is 0.125. The molecule has 2 heterocycles.